The molecule has 0 amide bonds. The van der Waals surface area contributed by atoms with Crippen LogP contribution in [0.5, 0.6) is 0 Å². The van der Waals surface area contributed by atoms with Crippen LogP contribution in [0.15, 0.2) is 56.6 Å². The second-order valence-corrected chi connectivity index (χ2v) is 15.0. The fourth-order valence-corrected chi connectivity index (χ4v) is 8.82. The van der Waals surface area contributed by atoms with E-state index in [9.17, 15) is 8.42 Å². The van der Waals surface area contributed by atoms with Gasteiger partial charge in [-0.3, -0.25) is 14.4 Å². The summed E-state index contributed by atoms with van der Waals surface area (Å²) >= 11 is 2.89. The van der Waals surface area contributed by atoms with Crippen LogP contribution >= 0.6 is 22.7 Å². The van der Waals surface area contributed by atoms with E-state index in [2.05, 4.69) is 45.1 Å². The van der Waals surface area contributed by atoms with E-state index >= 15 is 0 Å². The summed E-state index contributed by atoms with van der Waals surface area (Å²) in [4.78, 5) is 6.82. The molecular weight excluding hydrogens is 627 g/mol. The second-order valence-electron chi connectivity index (χ2n) is 10.9. The molecule has 0 unspecified atom stereocenters. The number of anilines is 1. The first-order chi connectivity index (χ1) is 21.6. The predicted molar refractivity (Wildman–Crippen MR) is 181 cm³/mol. The van der Waals surface area contributed by atoms with Gasteiger partial charge in [0.05, 0.1) is 28.9 Å². The molecule has 0 bridgehead atoms. The highest BCUT2D eigenvalue weighted by atomic mass is 32.2. The Morgan fingerprint density at radius 1 is 1.04 bits per heavy atom. The van der Waals surface area contributed by atoms with Crippen LogP contribution in [0.2, 0.25) is 0 Å². The lowest BCUT2D eigenvalue weighted by molar-refractivity contribution is 0.134. The van der Waals surface area contributed by atoms with E-state index in [1.165, 1.54) is 11.3 Å². The summed E-state index contributed by atoms with van der Waals surface area (Å²) < 4.78 is 43.3. The van der Waals surface area contributed by atoms with Crippen molar-refractivity contribution in [3.63, 3.8) is 0 Å². The summed E-state index contributed by atoms with van der Waals surface area (Å²) in [5.41, 5.74) is 8.00. The highest BCUT2D eigenvalue weighted by molar-refractivity contribution is 7.94. The highest BCUT2D eigenvalue weighted by Crippen LogP contribution is 2.39. The summed E-state index contributed by atoms with van der Waals surface area (Å²) in [6, 6.07) is 14.3. The number of aromatic nitrogens is 4. The molecule has 234 valence electrons. The maximum atomic E-state index is 13.7. The van der Waals surface area contributed by atoms with Crippen molar-refractivity contribution in [2.24, 2.45) is 0 Å². The molecule has 0 aliphatic heterocycles. The van der Waals surface area contributed by atoms with E-state index in [4.69, 9.17) is 19.3 Å². The molecule has 6 rings (SSSR count). The number of hydrogen-bond donors (Lipinski definition) is 1. The average Bonchev–Trinajstić information content (AvgIpc) is 3.81. The molecule has 0 saturated carbocycles. The molecule has 0 saturated heterocycles. The molecule has 6 aromatic rings. The third kappa shape index (κ3) is 6.07. The molecule has 12 heteroatoms. The Morgan fingerprint density at radius 3 is 2.56 bits per heavy atom. The minimum Gasteiger partial charge on any atom is -0.377 e. The molecule has 45 heavy (non-hydrogen) atoms. The van der Waals surface area contributed by atoms with Crippen LogP contribution in [0.25, 0.3) is 32.6 Å². The van der Waals surface area contributed by atoms with Crippen molar-refractivity contribution in [2.45, 2.75) is 65.3 Å². The van der Waals surface area contributed by atoms with Gasteiger partial charge in [-0.2, -0.15) is 5.10 Å². The van der Waals surface area contributed by atoms with Gasteiger partial charge in [0.25, 0.3) is 10.0 Å². The van der Waals surface area contributed by atoms with Crippen LogP contribution in [-0.2, 0) is 34.3 Å². The first-order valence-corrected chi connectivity index (χ1v) is 17.9. The molecule has 5 aromatic heterocycles. The number of nitrogens with zero attached hydrogens (tertiary/aromatic N) is 4. The number of benzene rings is 1. The SMILES string of the molecule is CCOCc1cc(Cn2nc(-c3cccs3)c3c(C)nc(CC)cc32)ccc1-c1cc(C)sc1S(=O)(=O)Nc1noc(C)c1C. The Hall–Kier alpha value is -3.84. The van der Waals surface area contributed by atoms with Crippen molar-refractivity contribution in [3.8, 4) is 21.7 Å². The number of pyridine rings is 1. The molecule has 1 aromatic carbocycles. The van der Waals surface area contributed by atoms with Gasteiger partial charge in [0.2, 0.25) is 0 Å². The van der Waals surface area contributed by atoms with Crippen LogP contribution < -0.4 is 4.72 Å². The quantitative estimate of drug-likeness (QED) is 0.149. The van der Waals surface area contributed by atoms with Gasteiger partial charge in [-0.25, -0.2) is 8.42 Å². The average molecular weight is 662 g/mol. The van der Waals surface area contributed by atoms with Gasteiger partial charge in [0, 0.05) is 34.0 Å². The zero-order chi connectivity index (χ0) is 31.9. The molecule has 0 aliphatic rings. The number of sulfonamides is 1. The molecule has 0 aliphatic carbocycles. The third-order valence-electron chi connectivity index (χ3n) is 7.79. The number of hydrogen-bond acceptors (Lipinski definition) is 9. The monoisotopic (exact) mass is 661 g/mol. The van der Waals surface area contributed by atoms with Crippen LogP contribution in [0.3, 0.4) is 0 Å². The van der Waals surface area contributed by atoms with Gasteiger partial charge in [-0.05, 0) is 81.3 Å². The lowest BCUT2D eigenvalue weighted by Crippen LogP contribution is -2.13. The number of nitrogens with one attached hydrogen (secondary N) is 1. The van der Waals surface area contributed by atoms with Crippen LogP contribution in [0, 0.1) is 27.7 Å². The van der Waals surface area contributed by atoms with Crippen molar-refractivity contribution in [1.29, 1.82) is 0 Å². The van der Waals surface area contributed by atoms with Crippen molar-refractivity contribution in [3.05, 3.63) is 86.6 Å². The largest absolute Gasteiger partial charge is 0.377 e. The van der Waals surface area contributed by atoms with Gasteiger partial charge in [-0.1, -0.05) is 36.3 Å². The van der Waals surface area contributed by atoms with E-state index in [1.807, 2.05) is 45.0 Å². The number of thiophene rings is 2. The van der Waals surface area contributed by atoms with Gasteiger partial charge >= 0.3 is 0 Å². The van der Waals surface area contributed by atoms with E-state index in [-0.39, 0.29) is 10.0 Å². The molecule has 0 radical (unpaired) electrons. The molecular formula is C33H35N5O4S3. The van der Waals surface area contributed by atoms with Gasteiger partial charge in [-0.15, -0.1) is 22.7 Å². The van der Waals surface area contributed by atoms with E-state index in [0.29, 0.717) is 36.6 Å². The van der Waals surface area contributed by atoms with Gasteiger partial charge in [0.15, 0.2) is 5.82 Å². The van der Waals surface area contributed by atoms with Crippen LogP contribution in [0.4, 0.5) is 5.82 Å². The minimum atomic E-state index is -3.94. The van der Waals surface area contributed by atoms with E-state index in [1.54, 1.807) is 25.2 Å². The normalized spacial score (nSPS) is 12.0. The van der Waals surface area contributed by atoms with Crippen molar-refractivity contribution in [1.82, 2.24) is 19.9 Å². The lowest BCUT2D eigenvalue weighted by atomic mass is 9.99. The lowest BCUT2D eigenvalue weighted by Gasteiger charge is -2.14. The van der Waals surface area contributed by atoms with Gasteiger partial charge in [0.1, 0.15) is 15.7 Å². The number of ether oxygens (including phenoxy) is 1. The summed E-state index contributed by atoms with van der Waals surface area (Å²) in [6.45, 7) is 12.9. The zero-order valence-electron chi connectivity index (χ0n) is 26.1. The molecule has 0 spiro atoms. The molecule has 9 nitrogen and oxygen atoms in total. The van der Waals surface area contributed by atoms with Gasteiger partial charge < -0.3 is 9.26 Å². The highest BCUT2D eigenvalue weighted by Gasteiger charge is 2.27. The van der Waals surface area contributed by atoms with Crippen molar-refractivity contribution in [2.75, 3.05) is 11.3 Å². The Kier molecular flexibility index (Phi) is 8.66. The van der Waals surface area contributed by atoms with Crippen molar-refractivity contribution >= 4 is 49.4 Å². The maximum absolute atomic E-state index is 13.7. The summed E-state index contributed by atoms with van der Waals surface area (Å²) in [6.07, 6.45) is 0.833. The maximum Gasteiger partial charge on any atom is 0.273 e. The first-order valence-electron chi connectivity index (χ1n) is 14.8. The second kappa shape index (κ2) is 12.5. The molecule has 1 N–H and O–H groups in total. The zero-order valence-corrected chi connectivity index (χ0v) is 28.5. The molecule has 0 atom stereocenters. The Balaban J connectivity index is 1.42. The van der Waals surface area contributed by atoms with Crippen molar-refractivity contribution < 1.29 is 17.7 Å². The third-order valence-corrected chi connectivity index (χ3v) is 11.6. The Bertz CT molecular complexity index is 2110. The number of aryl methyl sites for hydroxylation is 4. The smallest absolute Gasteiger partial charge is 0.273 e. The van der Waals surface area contributed by atoms with E-state index < -0.39 is 10.0 Å². The Labute approximate surface area is 270 Å². The summed E-state index contributed by atoms with van der Waals surface area (Å²) in [7, 11) is -3.94. The number of fused-ring (bicyclic) bond motifs is 1. The topological polar surface area (TPSA) is 112 Å². The minimum absolute atomic E-state index is 0.194. The molecule has 5 heterocycles. The van der Waals surface area contributed by atoms with Crippen LogP contribution in [0.1, 0.15) is 52.6 Å². The molecule has 0 fully saturated rings. The first kappa shape index (κ1) is 31.2. The fraction of sp³-hybridized carbons (Fsp3) is 0.303. The summed E-state index contributed by atoms with van der Waals surface area (Å²) in [5.74, 6) is 0.758. The Morgan fingerprint density at radius 2 is 1.87 bits per heavy atom. The predicted octanol–water partition coefficient (Wildman–Crippen LogP) is 8.06. The van der Waals surface area contributed by atoms with Crippen LogP contribution in [-0.4, -0.2) is 34.9 Å². The standard InChI is InChI=1S/C33H35N5O4S3/c1-7-25-16-28-30(21(5)34-25)31(29-10-9-13-43-29)35-38(28)17-23-11-12-26(24(15-23)18-41-8-2)27-14-19(3)44-33(27)45(39,40)37-32-20(4)22(6)42-36-32/h9-16H,7-8,17-18H2,1-6H3,(H,36,37). The fourth-order valence-electron chi connectivity index (χ4n) is 5.41. The van der Waals surface area contributed by atoms with E-state index in [0.717, 1.165) is 60.9 Å². The summed E-state index contributed by atoms with van der Waals surface area (Å²) in [5, 5.41) is 12.1. The number of rotatable bonds is 11.